The largest absolute Gasteiger partial charge is 0.618 e. The standard InChI is InChI=1S/C22H16F6N4O4S/c1-2-37(35,36)18-7-12(15-8-13(3-5-29-15)21(23,24)25)10-30-19(18)20(33)31-6-4-16-17(31)9-14(11-32(16)34)22(26,27)28/h3,5,7-11H,2,4,6H2,1H3. The summed E-state index contributed by atoms with van der Waals surface area (Å²) >= 11 is 0. The third-order valence-corrected chi connectivity index (χ3v) is 7.44. The van der Waals surface area contributed by atoms with Crippen LogP contribution in [0.1, 0.15) is 34.2 Å². The molecule has 0 aliphatic carbocycles. The van der Waals surface area contributed by atoms with Crippen molar-refractivity contribution < 1.29 is 44.3 Å². The van der Waals surface area contributed by atoms with Crippen molar-refractivity contribution in [3.63, 3.8) is 0 Å². The molecule has 0 fully saturated rings. The molecule has 196 valence electrons. The van der Waals surface area contributed by atoms with Gasteiger partial charge in [0, 0.05) is 24.5 Å². The predicted molar refractivity (Wildman–Crippen MR) is 116 cm³/mol. The van der Waals surface area contributed by atoms with Crippen LogP contribution in [-0.2, 0) is 28.6 Å². The number of carbonyl (C=O) groups excluding carboxylic acids is 1. The molecule has 0 saturated carbocycles. The minimum Gasteiger partial charge on any atom is -0.618 e. The molecule has 3 aromatic heterocycles. The number of hydrogen-bond donors (Lipinski definition) is 0. The van der Waals surface area contributed by atoms with E-state index in [2.05, 4.69) is 9.97 Å². The fourth-order valence-electron chi connectivity index (χ4n) is 3.79. The molecule has 0 unspecified atom stereocenters. The van der Waals surface area contributed by atoms with Crippen LogP contribution >= 0.6 is 0 Å². The average molecular weight is 546 g/mol. The van der Waals surface area contributed by atoms with E-state index in [1.54, 1.807) is 0 Å². The Hall–Kier alpha value is -3.75. The summed E-state index contributed by atoms with van der Waals surface area (Å²) in [5, 5.41) is 12.1. The predicted octanol–water partition coefficient (Wildman–Crippen LogP) is 3.81. The zero-order valence-electron chi connectivity index (χ0n) is 18.8. The third kappa shape index (κ3) is 4.95. The van der Waals surface area contributed by atoms with E-state index in [9.17, 15) is 44.8 Å². The highest BCUT2D eigenvalue weighted by Gasteiger charge is 2.40. The minimum absolute atomic E-state index is 0.00493. The highest BCUT2D eigenvalue weighted by molar-refractivity contribution is 7.91. The topological polar surface area (TPSA) is 107 Å². The van der Waals surface area contributed by atoms with Crippen LogP contribution in [0, 0.1) is 5.21 Å². The van der Waals surface area contributed by atoms with Crippen LogP contribution in [0.25, 0.3) is 11.3 Å². The van der Waals surface area contributed by atoms with Crippen LogP contribution in [0.4, 0.5) is 32.0 Å². The van der Waals surface area contributed by atoms with E-state index in [1.165, 1.54) is 6.92 Å². The van der Waals surface area contributed by atoms with Crippen molar-refractivity contribution in [2.45, 2.75) is 30.6 Å². The molecule has 0 saturated heterocycles. The van der Waals surface area contributed by atoms with Gasteiger partial charge in [-0.15, -0.1) is 0 Å². The number of pyridine rings is 3. The Kier molecular flexibility index (Phi) is 6.38. The number of carbonyl (C=O) groups is 1. The van der Waals surface area contributed by atoms with Gasteiger partial charge in [-0.25, -0.2) is 13.4 Å². The molecular weight excluding hydrogens is 530 g/mol. The fourth-order valence-corrected chi connectivity index (χ4v) is 4.84. The van der Waals surface area contributed by atoms with Crippen LogP contribution < -0.4 is 9.63 Å². The van der Waals surface area contributed by atoms with Crippen LogP contribution in [0.2, 0.25) is 0 Å². The number of amides is 1. The second-order valence-corrected chi connectivity index (χ2v) is 10.2. The number of sulfone groups is 1. The van der Waals surface area contributed by atoms with Crippen molar-refractivity contribution in [1.29, 1.82) is 0 Å². The molecule has 8 nitrogen and oxygen atoms in total. The number of alkyl halides is 6. The molecule has 0 radical (unpaired) electrons. The number of anilines is 1. The number of hydrogen-bond acceptors (Lipinski definition) is 6. The van der Waals surface area contributed by atoms with E-state index >= 15 is 0 Å². The summed E-state index contributed by atoms with van der Waals surface area (Å²) in [5.74, 6) is -1.60. The summed E-state index contributed by atoms with van der Waals surface area (Å²) in [6, 6.07) is 2.96. The maximum Gasteiger partial charge on any atom is 0.422 e. The summed E-state index contributed by atoms with van der Waals surface area (Å²) in [6.07, 6.45) is -7.51. The normalized spacial score (nSPS) is 14.1. The maximum absolute atomic E-state index is 13.3. The van der Waals surface area contributed by atoms with Crippen LogP contribution in [0.3, 0.4) is 0 Å². The highest BCUT2D eigenvalue weighted by Crippen LogP contribution is 2.36. The van der Waals surface area contributed by atoms with Crippen LogP contribution in [-0.4, -0.2) is 36.6 Å². The van der Waals surface area contributed by atoms with Crippen LogP contribution in [0.15, 0.2) is 47.8 Å². The van der Waals surface area contributed by atoms with Gasteiger partial charge < -0.3 is 10.1 Å². The Morgan fingerprint density at radius 3 is 2.38 bits per heavy atom. The lowest BCUT2D eigenvalue weighted by Gasteiger charge is -2.19. The lowest BCUT2D eigenvalue weighted by Crippen LogP contribution is -2.34. The smallest absolute Gasteiger partial charge is 0.422 e. The SMILES string of the molecule is CCS(=O)(=O)c1cc(-c2cc(C(F)(F)F)ccn2)cnc1C(=O)N1CCc2c1cc(C(F)(F)F)c[n+]2[O-]. The second-order valence-electron chi connectivity index (χ2n) is 7.99. The third-order valence-electron chi connectivity index (χ3n) is 5.70. The van der Waals surface area contributed by atoms with E-state index in [1.807, 2.05) is 0 Å². The Bertz CT molecular complexity index is 1510. The van der Waals surface area contributed by atoms with E-state index in [4.69, 9.17) is 0 Å². The number of fused-ring (bicyclic) bond motifs is 1. The first-order valence-corrected chi connectivity index (χ1v) is 12.2. The fraction of sp³-hybridized carbons (Fsp3) is 0.273. The van der Waals surface area contributed by atoms with Gasteiger partial charge in [-0.2, -0.15) is 31.1 Å². The van der Waals surface area contributed by atoms with Crippen LogP contribution in [0.5, 0.6) is 0 Å². The van der Waals surface area contributed by atoms with Crippen molar-refractivity contribution >= 4 is 21.4 Å². The lowest BCUT2D eigenvalue weighted by atomic mass is 10.1. The first-order valence-electron chi connectivity index (χ1n) is 10.5. The molecule has 4 rings (SSSR count). The molecule has 4 heterocycles. The van der Waals surface area contributed by atoms with Gasteiger partial charge in [0.2, 0.25) is 5.69 Å². The summed E-state index contributed by atoms with van der Waals surface area (Å²) in [7, 11) is -4.20. The molecule has 1 amide bonds. The Morgan fingerprint density at radius 2 is 1.76 bits per heavy atom. The van der Waals surface area contributed by atoms with Crippen molar-refractivity contribution in [3.05, 3.63) is 70.6 Å². The molecule has 1 aliphatic rings. The zero-order chi connectivity index (χ0) is 27.3. The quantitative estimate of drug-likeness (QED) is 0.280. The summed E-state index contributed by atoms with van der Waals surface area (Å²) in [5.41, 5.74) is -3.86. The monoisotopic (exact) mass is 546 g/mol. The van der Waals surface area contributed by atoms with Gasteiger partial charge in [-0.1, -0.05) is 6.92 Å². The van der Waals surface area contributed by atoms with Crippen molar-refractivity contribution in [3.8, 4) is 11.3 Å². The number of aromatic nitrogens is 3. The minimum atomic E-state index is -4.88. The summed E-state index contributed by atoms with van der Waals surface area (Å²) in [6.45, 7) is 1.04. The van der Waals surface area contributed by atoms with E-state index in [0.29, 0.717) is 18.3 Å². The van der Waals surface area contributed by atoms with E-state index < -0.39 is 55.6 Å². The maximum atomic E-state index is 13.3. The molecular formula is C22H16F6N4O4S. The molecule has 0 N–H and O–H groups in total. The molecule has 1 aliphatic heterocycles. The lowest BCUT2D eigenvalue weighted by molar-refractivity contribution is -0.613. The highest BCUT2D eigenvalue weighted by atomic mass is 32.2. The van der Waals surface area contributed by atoms with E-state index in [0.717, 1.165) is 29.4 Å². The molecule has 15 heteroatoms. The van der Waals surface area contributed by atoms with Gasteiger partial charge >= 0.3 is 12.4 Å². The molecule has 3 aromatic rings. The van der Waals surface area contributed by atoms with Gasteiger partial charge in [0.25, 0.3) is 5.91 Å². The molecule has 0 atom stereocenters. The van der Waals surface area contributed by atoms with Crippen molar-refractivity contribution in [2.24, 2.45) is 0 Å². The first-order chi connectivity index (χ1) is 17.1. The Labute approximate surface area is 205 Å². The molecule has 37 heavy (non-hydrogen) atoms. The summed E-state index contributed by atoms with van der Waals surface area (Å²) < 4.78 is 105. The molecule has 0 bridgehead atoms. The molecule has 0 spiro atoms. The Balaban J connectivity index is 1.83. The number of nitrogens with zero attached hydrogens (tertiary/aromatic N) is 4. The van der Waals surface area contributed by atoms with Gasteiger partial charge in [0.05, 0.1) is 28.3 Å². The molecule has 0 aromatic carbocycles. The van der Waals surface area contributed by atoms with Gasteiger partial charge in [0.1, 0.15) is 16.9 Å². The second kappa shape index (κ2) is 8.97. The first kappa shape index (κ1) is 26.3. The number of halogens is 6. The van der Waals surface area contributed by atoms with E-state index in [-0.39, 0.29) is 40.3 Å². The van der Waals surface area contributed by atoms with Crippen molar-refractivity contribution in [1.82, 2.24) is 9.97 Å². The number of rotatable bonds is 4. The van der Waals surface area contributed by atoms with Gasteiger partial charge in [0.15, 0.2) is 16.0 Å². The van der Waals surface area contributed by atoms with Gasteiger partial charge in [-0.3, -0.25) is 9.78 Å². The Morgan fingerprint density at radius 1 is 1.08 bits per heavy atom. The zero-order valence-corrected chi connectivity index (χ0v) is 19.6. The van der Waals surface area contributed by atoms with Crippen molar-refractivity contribution in [2.75, 3.05) is 17.2 Å². The van der Waals surface area contributed by atoms with Gasteiger partial charge in [-0.05, 0) is 24.3 Å². The summed E-state index contributed by atoms with van der Waals surface area (Å²) in [4.78, 5) is 21.2. The average Bonchev–Trinajstić information content (AvgIpc) is 3.27.